The first-order chi connectivity index (χ1) is 9.94. The Balaban J connectivity index is 1.96. The first-order valence-electron chi connectivity index (χ1n) is 6.83. The van der Waals surface area contributed by atoms with E-state index in [2.05, 4.69) is 20.9 Å². The molecular weight excluding hydrogens is 345 g/mol. The SMILES string of the molecule is Fc1ccc2nc(N3CCCC(F)(F)CC3)c(Br)cc2c1. The second-order valence-electron chi connectivity index (χ2n) is 5.33. The van der Waals surface area contributed by atoms with Crippen molar-refractivity contribution in [2.75, 3.05) is 18.0 Å². The molecule has 2 heterocycles. The molecule has 1 aromatic carbocycles. The molecule has 0 N–H and O–H groups in total. The molecule has 1 aliphatic heterocycles. The summed E-state index contributed by atoms with van der Waals surface area (Å²) in [5.41, 5.74) is 0.658. The van der Waals surface area contributed by atoms with Gasteiger partial charge < -0.3 is 4.90 Å². The Morgan fingerprint density at radius 2 is 1.95 bits per heavy atom. The van der Waals surface area contributed by atoms with Crippen molar-refractivity contribution in [3.63, 3.8) is 0 Å². The third-order valence-electron chi connectivity index (χ3n) is 3.73. The average Bonchev–Trinajstić information content (AvgIpc) is 2.59. The van der Waals surface area contributed by atoms with Crippen molar-refractivity contribution in [1.82, 2.24) is 4.98 Å². The third-order valence-corrected chi connectivity index (χ3v) is 4.31. The number of fused-ring (bicyclic) bond motifs is 1. The minimum Gasteiger partial charge on any atom is -0.355 e. The van der Waals surface area contributed by atoms with Gasteiger partial charge in [-0.3, -0.25) is 0 Å². The number of hydrogen-bond donors (Lipinski definition) is 0. The van der Waals surface area contributed by atoms with Crippen LogP contribution in [-0.4, -0.2) is 24.0 Å². The second kappa shape index (κ2) is 5.48. The topological polar surface area (TPSA) is 16.1 Å². The van der Waals surface area contributed by atoms with Crippen LogP contribution in [0.15, 0.2) is 28.7 Å². The second-order valence-corrected chi connectivity index (χ2v) is 6.18. The van der Waals surface area contributed by atoms with Crippen LogP contribution >= 0.6 is 15.9 Å². The van der Waals surface area contributed by atoms with Crippen molar-refractivity contribution < 1.29 is 13.2 Å². The van der Waals surface area contributed by atoms with Gasteiger partial charge in [-0.2, -0.15) is 0 Å². The van der Waals surface area contributed by atoms with Gasteiger partial charge >= 0.3 is 0 Å². The van der Waals surface area contributed by atoms with Crippen molar-refractivity contribution in [2.45, 2.75) is 25.2 Å². The van der Waals surface area contributed by atoms with Crippen molar-refractivity contribution >= 4 is 32.7 Å². The molecule has 0 aliphatic carbocycles. The van der Waals surface area contributed by atoms with Gasteiger partial charge in [0.2, 0.25) is 5.92 Å². The number of hydrogen-bond acceptors (Lipinski definition) is 2. The number of anilines is 1. The number of rotatable bonds is 1. The van der Waals surface area contributed by atoms with Crippen molar-refractivity contribution in [3.05, 3.63) is 34.6 Å². The molecule has 2 nitrogen and oxygen atoms in total. The first kappa shape index (κ1) is 14.6. The van der Waals surface area contributed by atoms with Crippen LogP contribution in [0.2, 0.25) is 0 Å². The van der Waals surface area contributed by atoms with Gasteiger partial charge in [0.25, 0.3) is 0 Å². The molecule has 0 spiro atoms. The molecule has 1 saturated heterocycles. The number of pyridine rings is 1. The molecular formula is C15H14BrF3N2. The van der Waals surface area contributed by atoms with E-state index in [1.807, 2.05) is 4.90 Å². The molecule has 112 valence electrons. The number of alkyl halides is 2. The average molecular weight is 359 g/mol. The lowest BCUT2D eigenvalue weighted by molar-refractivity contribution is -0.0102. The molecule has 0 saturated carbocycles. The van der Waals surface area contributed by atoms with Gasteiger partial charge in [-0.25, -0.2) is 18.2 Å². The Morgan fingerprint density at radius 1 is 1.14 bits per heavy atom. The van der Waals surface area contributed by atoms with Crippen LogP contribution in [0.1, 0.15) is 19.3 Å². The Kier molecular flexibility index (Phi) is 3.82. The fraction of sp³-hybridized carbons (Fsp3) is 0.400. The summed E-state index contributed by atoms with van der Waals surface area (Å²) in [6, 6.07) is 6.15. The molecule has 0 unspecified atom stereocenters. The standard InChI is InChI=1S/C15H14BrF3N2/c16-12-9-10-8-11(17)2-3-13(10)20-14(12)21-6-1-4-15(18,19)5-7-21/h2-3,8-9H,1,4-7H2. The van der Waals surface area contributed by atoms with Gasteiger partial charge in [0.15, 0.2) is 0 Å². The summed E-state index contributed by atoms with van der Waals surface area (Å²) < 4.78 is 40.8. The fourth-order valence-corrected chi connectivity index (χ4v) is 3.19. The van der Waals surface area contributed by atoms with Crippen LogP contribution in [0.25, 0.3) is 10.9 Å². The van der Waals surface area contributed by atoms with E-state index < -0.39 is 5.92 Å². The number of nitrogens with zero attached hydrogens (tertiary/aromatic N) is 2. The van der Waals surface area contributed by atoms with Gasteiger partial charge in [-0.05, 0) is 46.6 Å². The molecule has 0 amide bonds. The number of aromatic nitrogens is 1. The van der Waals surface area contributed by atoms with Gasteiger partial charge in [0.05, 0.1) is 9.99 Å². The van der Waals surface area contributed by atoms with Gasteiger partial charge in [0, 0.05) is 31.3 Å². The van der Waals surface area contributed by atoms with E-state index in [0.29, 0.717) is 34.2 Å². The minimum absolute atomic E-state index is 0.0834. The molecule has 0 atom stereocenters. The molecule has 0 bridgehead atoms. The van der Waals surface area contributed by atoms with E-state index in [-0.39, 0.29) is 25.2 Å². The highest BCUT2D eigenvalue weighted by Crippen LogP contribution is 2.33. The van der Waals surface area contributed by atoms with Crippen LogP contribution in [0, 0.1) is 5.82 Å². The van der Waals surface area contributed by atoms with E-state index in [0.717, 1.165) is 0 Å². The zero-order valence-electron chi connectivity index (χ0n) is 11.3. The Labute approximate surface area is 129 Å². The first-order valence-corrected chi connectivity index (χ1v) is 7.62. The minimum atomic E-state index is -2.60. The van der Waals surface area contributed by atoms with E-state index in [9.17, 15) is 13.2 Å². The van der Waals surface area contributed by atoms with Crippen LogP contribution in [0.5, 0.6) is 0 Å². The van der Waals surface area contributed by atoms with Crippen LogP contribution in [0.3, 0.4) is 0 Å². The van der Waals surface area contributed by atoms with Crippen molar-refractivity contribution in [2.24, 2.45) is 0 Å². The zero-order chi connectivity index (χ0) is 15.0. The fourth-order valence-electron chi connectivity index (χ4n) is 2.61. The van der Waals surface area contributed by atoms with E-state index in [1.54, 1.807) is 12.1 Å². The number of halogens is 4. The Bertz CT molecular complexity index is 675. The molecule has 6 heteroatoms. The summed E-state index contributed by atoms with van der Waals surface area (Å²) in [5.74, 6) is -2.27. The molecule has 3 rings (SSSR count). The van der Waals surface area contributed by atoms with E-state index in [1.165, 1.54) is 12.1 Å². The summed E-state index contributed by atoms with van der Waals surface area (Å²) in [6.45, 7) is 0.819. The molecule has 1 fully saturated rings. The predicted molar refractivity (Wildman–Crippen MR) is 80.4 cm³/mol. The summed E-state index contributed by atoms with van der Waals surface area (Å²) in [6.07, 6.45) is 0.186. The highest BCUT2D eigenvalue weighted by Gasteiger charge is 2.32. The van der Waals surface area contributed by atoms with E-state index in [4.69, 9.17) is 0 Å². The smallest absolute Gasteiger partial charge is 0.249 e. The maximum absolute atomic E-state index is 13.5. The quantitative estimate of drug-likeness (QED) is 0.730. The van der Waals surface area contributed by atoms with Gasteiger partial charge in [-0.1, -0.05) is 0 Å². The summed E-state index contributed by atoms with van der Waals surface area (Å²) >= 11 is 3.42. The molecule has 1 aliphatic rings. The molecule has 2 aromatic rings. The van der Waals surface area contributed by atoms with Crippen molar-refractivity contribution in [3.8, 4) is 0 Å². The molecule has 21 heavy (non-hydrogen) atoms. The van der Waals surface area contributed by atoms with Crippen molar-refractivity contribution in [1.29, 1.82) is 0 Å². The summed E-state index contributed by atoms with van der Waals surface area (Å²) in [7, 11) is 0. The Morgan fingerprint density at radius 3 is 2.76 bits per heavy atom. The van der Waals surface area contributed by atoms with Crippen LogP contribution in [0.4, 0.5) is 19.0 Å². The van der Waals surface area contributed by atoms with Gasteiger partial charge in [0.1, 0.15) is 11.6 Å². The van der Waals surface area contributed by atoms with Crippen LogP contribution in [-0.2, 0) is 0 Å². The lowest BCUT2D eigenvalue weighted by Gasteiger charge is -2.23. The molecule has 1 aromatic heterocycles. The summed E-state index contributed by atoms with van der Waals surface area (Å²) in [5, 5.41) is 0.686. The normalized spacial score (nSPS) is 18.8. The lowest BCUT2D eigenvalue weighted by atomic mass is 10.1. The third kappa shape index (κ3) is 3.15. The predicted octanol–water partition coefficient (Wildman–Crippen LogP) is 4.76. The highest BCUT2D eigenvalue weighted by atomic mass is 79.9. The highest BCUT2D eigenvalue weighted by molar-refractivity contribution is 9.10. The maximum Gasteiger partial charge on any atom is 0.249 e. The largest absolute Gasteiger partial charge is 0.355 e. The van der Waals surface area contributed by atoms with Gasteiger partial charge in [-0.15, -0.1) is 0 Å². The van der Waals surface area contributed by atoms with E-state index >= 15 is 0 Å². The monoisotopic (exact) mass is 358 g/mol. The lowest BCUT2D eigenvalue weighted by Crippen LogP contribution is -2.27. The maximum atomic E-state index is 13.5. The molecule has 0 radical (unpaired) electrons. The zero-order valence-corrected chi connectivity index (χ0v) is 12.8. The Hall–Kier alpha value is -1.30. The summed E-state index contributed by atoms with van der Waals surface area (Å²) in [4.78, 5) is 6.37. The van der Waals surface area contributed by atoms with Crippen LogP contribution < -0.4 is 4.90 Å². The number of benzene rings is 1.